The number of benzene rings is 1. The normalized spacial score (nSPS) is 11.4. The van der Waals surface area contributed by atoms with E-state index in [2.05, 4.69) is 47.5 Å². The van der Waals surface area contributed by atoms with Crippen molar-refractivity contribution in [3.8, 4) is 0 Å². The molecule has 0 aliphatic heterocycles. The van der Waals surface area contributed by atoms with Gasteiger partial charge in [0.15, 0.2) is 0 Å². The van der Waals surface area contributed by atoms with Crippen molar-refractivity contribution in [3.05, 3.63) is 35.4 Å². The van der Waals surface area contributed by atoms with E-state index in [1.165, 1.54) is 16.5 Å². The second-order valence-corrected chi connectivity index (χ2v) is 3.92. The quantitative estimate of drug-likeness (QED) is 0.673. The summed E-state index contributed by atoms with van der Waals surface area (Å²) in [6.45, 7) is 7.80. The van der Waals surface area contributed by atoms with E-state index in [1.54, 1.807) is 0 Å². The van der Waals surface area contributed by atoms with Crippen molar-refractivity contribution in [2.75, 3.05) is 0 Å². The third kappa shape index (κ3) is 1.38. The molecular formula is C14H16N2. The minimum Gasteiger partial charge on any atom is -0.328 e. The third-order valence-corrected chi connectivity index (χ3v) is 2.92. The van der Waals surface area contributed by atoms with Gasteiger partial charge in [-0.25, -0.2) is 4.99 Å². The zero-order chi connectivity index (χ0) is 11.7. The van der Waals surface area contributed by atoms with Gasteiger partial charge in [-0.3, -0.25) is 0 Å². The highest BCUT2D eigenvalue weighted by molar-refractivity contribution is 5.97. The van der Waals surface area contributed by atoms with Gasteiger partial charge in [0, 0.05) is 18.0 Å². The summed E-state index contributed by atoms with van der Waals surface area (Å²) < 4.78 is 2.09. The Morgan fingerprint density at radius 3 is 2.75 bits per heavy atom. The SMILES string of the molecule is C=Nc1c(/C=C\C)c2c(C)cccc2n1C. The lowest BCUT2D eigenvalue weighted by molar-refractivity contribution is 0.965. The Hall–Kier alpha value is -1.83. The average molecular weight is 212 g/mol. The van der Waals surface area contributed by atoms with Crippen LogP contribution in [0.2, 0.25) is 0 Å². The highest BCUT2D eigenvalue weighted by Crippen LogP contribution is 2.34. The lowest BCUT2D eigenvalue weighted by Crippen LogP contribution is -1.85. The number of nitrogens with zero attached hydrogens (tertiary/aromatic N) is 2. The summed E-state index contributed by atoms with van der Waals surface area (Å²) in [6.07, 6.45) is 4.13. The number of hydrogen-bond acceptors (Lipinski definition) is 1. The number of rotatable bonds is 2. The van der Waals surface area contributed by atoms with Crippen molar-refractivity contribution >= 4 is 29.5 Å². The molecule has 1 heterocycles. The molecule has 0 radical (unpaired) electrons. The van der Waals surface area contributed by atoms with Gasteiger partial charge >= 0.3 is 0 Å². The average Bonchev–Trinajstić information content (AvgIpc) is 2.54. The van der Waals surface area contributed by atoms with Crippen LogP contribution in [0.1, 0.15) is 18.1 Å². The molecule has 0 saturated heterocycles. The Morgan fingerprint density at radius 1 is 1.38 bits per heavy atom. The molecule has 0 unspecified atom stereocenters. The van der Waals surface area contributed by atoms with Crippen molar-refractivity contribution in [1.29, 1.82) is 0 Å². The molecular weight excluding hydrogens is 196 g/mol. The summed E-state index contributed by atoms with van der Waals surface area (Å²) in [5, 5.41) is 1.27. The molecule has 2 aromatic rings. The molecule has 0 fully saturated rings. The van der Waals surface area contributed by atoms with E-state index in [1.807, 2.05) is 20.0 Å². The van der Waals surface area contributed by atoms with Crippen LogP contribution in [0.3, 0.4) is 0 Å². The van der Waals surface area contributed by atoms with E-state index >= 15 is 0 Å². The van der Waals surface area contributed by atoms with Crippen molar-refractivity contribution in [3.63, 3.8) is 0 Å². The first-order valence-electron chi connectivity index (χ1n) is 5.38. The molecule has 0 atom stereocenters. The molecule has 2 heteroatoms. The van der Waals surface area contributed by atoms with Crippen LogP contribution in [-0.2, 0) is 7.05 Å². The molecule has 2 nitrogen and oxygen atoms in total. The molecule has 0 spiro atoms. The van der Waals surface area contributed by atoms with Crippen LogP contribution in [0, 0.1) is 6.92 Å². The molecule has 0 amide bonds. The van der Waals surface area contributed by atoms with Gasteiger partial charge in [-0.05, 0) is 32.2 Å². The van der Waals surface area contributed by atoms with Crippen LogP contribution in [0.15, 0.2) is 29.3 Å². The van der Waals surface area contributed by atoms with Crippen LogP contribution in [-0.4, -0.2) is 11.3 Å². The Balaban J connectivity index is 2.98. The number of aliphatic imine (C=N–C) groups is 1. The molecule has 1 aromatic heterocycles. The highest BCUT2D eigenvalue weighted by Gasteiger charge is 2.12. The fraction of sp³-hybridized carbons (Fsp3) is 0.214. The Kier molecular flexibility index (Phi) is 2.65. The van der Waals surface area contributed by atoms with E-state index in [0.717, 1.165) is 11.4 Å². The maximum atomic E-state index is 4.13. The van der Waals surface area contributed by atoms with Gasteiger partial charge in [0.1, 0.15) is 5.82 Å². The minimum atomic E-state index is 0.933. The summed E-state index contributed by atoms with van der Waals surface area (Å²) in [5.74, 6) is 0.933. The third-order valence-electron chi connectivity index (χ3n) is 2.92. The summed E-state index contributed by atoms with van der Waals surface area (Å²) in [7, 11) is 2.03. The zero-order valence-electron chi connectivity index (χ0n) is 9.99. The van der Waals surface area contributed by atoms with E-state index in [9.17, 15) is 0 Å². The van der Waals surface area contributed by atoms with Crippen LogP contribution in [0.4, 0.5) is 5.82 Å². The Morgan fingerprint density at radius 2 is 2.12 bits per heavy atom. The van der Waals surface area contributed by atoms with Gasteiger partial charge < -0.3 is 4.57 Å². The largest absolute Gasteiger partial charge is 0.328 e. The fourth-order valence-corrected chi connectivity index (χ4v) is 2.20. The Bertz CT molecular complexity index is 574. The standard InChI is InChI=1S/C14H16N2/c1-5-7-11-13-10(2)8-6-9-12(13)16(4)14(11)15-3/h5-9H,3H2,1-2,4H3/b7-5-. The number of hydrogen-bond donors (Lipinski definition) is 0. The first-order chi connectivity index (χ1) is 7.70. The topological polar surface area (TPSA) is 17.3 Å². The predicted octanol–water partition coefficient (Wildman–Crippen LogP) is 3.85. The van der Waals surface area contributed by atoms with Gasteiger partial charge in [0.2, 0.25) is 0 Å². The molecule has 0 aliphatic carbocycles. The van der Waals surface area contributed by atoms with Crippen molar-refractivity contribution in [2.24, 2.45) is 12.0 Å². The smallest absolute Gasteiger partial charge is 0.139 e. The van der Waals surface area contributed by atoms with Gasteiger partial charge in [-0.1, -0.05) is 24.3 Å². The van der Waals surface area contributed by atoms with Crippen molar-refractivity contribution in [2.45, 2.75) is 13.8 Å². The molecule has 0 saturated carbocycles. The highest BCUT2D eigenvalue weighted by atomic mass is 15.0. The summed E-state index contributed by atoms with van der Waals surface area (Å²) in [4.78, 5) is 4.13. The second kappa shape index (κ2) is 3.97. The van der Waals surface area contributed by atoms with E-state index in [0.29, 0.717) is 0 Å². The summed E-state index contributed by atoms with van der Waals surface area (Å²) >= 11 is 0. The molecule has 16 heavy (non-hydrogen) atoms. The monoisotopic (exact) mass is 212 g/mol. The van der Waals surface area contributed by atoms with Crippen LogP contribution < -0.4 is 0 Å². The van der Waals surface area contributed by atoms with Crippen LogP contribution >= 0.6 is 0 Å². The van der Waals surface area contributed by atoms with Crippen LogP contribution in [0.25, 0.3) is 17.0 Å². The van der Waals surface area contributed by atoms with Crippen molar-refractivity contribution in [1.82, 2.24) is 4.57 Å². The number of aryl methyl sites for hydroxylation is 2. The maximum absolute atomic E-state index is 4.13. The maximum Gasteiger partial charge on any atom is 0.139 e. The molecule has 0 N–H and O–H groups in total. The second-order valence-electron chi connectivity index (χ2n) is 3.92. The number of fused-ring (bicyclic) bond motifs is 1. The molecule has 1 aromatic carbocycles. The van der Waals surface area contributed by atoms with E-state index < -0.39 is 0 Å². The zero-order valence-corrected chi connectivity index (χ0v) is 9.99. The predicted molar refractivity (Wildman–Crippen MR) is 71.6 cm³/mol. The van der Waals surface area contributed by atoms with Gasteiger partial charge in [-0.2, -0.15) is 0 Å². The fourth-order valence-electron chi connectivity index (χ4n) is 2.20. The van der Waals surface area contributed by atoms with Crippen molar-refractivity contribution < 1.29 is 0 Å². The van der Waals surface area contributed by atoms with E-state index in [4.69, 9.17) is 0 Å². The van der Waals surface area contributed by atoms with E-state index in [-0.39, 0.29) is 0 Å². The Labute approximate surface area is 95.9 Å². The molecule has 0 aliphatic rings. The summed E-state index contributed by atoms with van der Waals surface area (Å²) in [5.41, 5.74) is 3.64. The number of allylic oxidation sites excluding steroid dienone is 1. The lowest BCUT2D eigenvalue weighted by Gasteiger charge is -1.98. The minimum absolute atomic E-state index is 0.933. The first-order valence-corrected chi connectivity index (χ1v) is 5.38. The molecule has 82 valence electrons. The van der Waals surface area contributed by atoms with Gasteiger partial charge in [0.05, 0.1) is 5.52 Å². The lowest BCUT2D eigenvalue weighted by atomic mass is 10.1. The first kappa shape index (κ1) is 10.7. The number of aromatic nitrogens is 1. The molecule has 0 bridgehead atoms. The summed E-state index contributed by atoms with van der Waals surface area (Å²) in [6, 6.07) is 6.32. The van der Waals surface area contributed by atoms with Gasteiger partial charge in [-0.15, -0.1) is 0 Å². The van der Waals surface area contributed by atoms with Gasteiger partial charge in [0.25, 0.3) is 0 Å². The molecule has 2 rings (SSSR count). The van der Waals surface area contributed by atoms with Crippen LogP contribution in [0.5, 0.6) is 0 Å².